The van der Waals surface area contributed by atoms with Crippen LogP contribution in [-0.4, -0.2) is 19.9 Å². The summed E-state index contributed by atoms with van der Waals surface area (Å²) < 4.78 is 16.7. The van der Waals surface area contributed by atoms with Gasteiger partial charge in [0.2, 0.25) is 6.79 Å². The minimum absolute atomic E-state index is 0.211. The van der Waals surface area contributed by atoms with Crippen molar-refractivity contribution >= 4 is 0 Å². The third-order valence-corrected chi connectivity index (χ3v) is 3.37. The molecule has 1 aromatic carbocycles. The largest absolute Gasteiger partial charge is 0.488 e. The molecule has 17 heavy (non-hydrogen) atoms. The van der Waals surface area contributed by atoms with Crippen molar-refractivity contribution in [1.82, 2.24) is 5.32 Å². The Labute approximate surface area is 101 Å². The fraction of sp³-hybridized carbons (Fsp3) is 0.538. The highest BCUT2D eigenvalue weighted by molar-refractivity contribution is 5.54. The molecule has 2 unspecified atom stereocenters. The summed E-state index contributed by atoms with van der Waals surface area (Å²) in [5.41, 5.74) is 1.18. The van der Waals surface area contributed by atoms with Crippen molar-refractivity contribution in [3.05, 3.63) is 17.7 Å². The molecule has 0 aliphatic carbocycles. The second-order valence-corrected chi connectivity index (χ2v) is 4.45. The molecule has 2 atom stereocenters. The minimum Gasteiger partial charge on any atom is -0.488 e. The van der Waals surface area contributed by atoms with E-state index in [1.807, 2.05) is 19.2 Å². The summed E-state index contributed by atoms with van der Waals surface area (Å²) in [6.07, 6.45) is 2.37. The van der Waals surface area contributed by atoms with Crippen LogP contribution < -0.4 is 19.5 Å². The highest BCUT2D eigenvalue weighted by Crippen LogP contribution is 2.46. The highest BCUT2D eigenvalue weighted by Gasteiger charge is 2.34. The van der Waals surface area contributed by atoms with Gasteiger partial charge in [0.25, 0.3) is 0 Å². The Kier molecular flexibility index (Phi) is 2.59. The molecule has 0 radical (unpaired) electrons. The van der Waals surface area contributed by atoms with Crippen LogP contribution in [-0.2, 0) is 0 Å². The molecule has 2 aliphatic heterocycles. The van der Waals surface area contributed by atoms with Crippen molar-refractivity contribution in [1.29, 1.82) is 0 Å². The zero-order valence-corrected chi connectivity index (χ0v) is 10.2. The van der Waals surface area contributed by atoms with Crippen LogP contribution in [0.1, 0.15) is 31.4 Å². The highest BCUT2D eigenvalue weighted by atomic mass is 16.7. The molecule has 0 amide bonds. The zero-order valence-electron chi connectivity index (χ0n) is 10.2. The molecule has 0 saturated heterocycles. The van der Waals surface area contributed by atoms with E-state index in [0.717, 1.165) is 30.1 Å². The molecule has 0 saturated carbocycles. The van der Waals surface area contributed by atoms with E-state index in [4.69, 9.17) is 14.2 Å². The summed E-state index contributed by atoms with van der Waals surface area (Å²) in [5.74, 6) is 2.53. The lowest BCUT2D eigenvalue weighted by Gasteiger charge is -2.17. The normalized spacial score (nSPS) is 24.6. The lowest BCUT2D eigenvalue weighted by Crippen LogP contribution is -2.28. The van der Waals surface area contributed by atoms with Crippen molar-refractivity contribution in [2.45, 2.75) is 31.9 Å². The van der Waals surface area contributed by atoms with Crippen LogP contribution in [0.5, 0.6) is 17.2 Å². The Morgan fingerprint density at radius 3 is 2.71 bits per heavy atom. The van der Waals surface area contributed by atoms with Crippen LogP contribution in [0.2, 0.25) is 0 Å². The van der Waals surface area contributed by atoms with E-state index in [1.54, 1.807) is 0 Å². The van der Waals surface area contributed by atoms with Crippen molar-refractivity contribution in [3.63, 3.8) is 0 Å². The zero-order chi connectivity index (χ0) is 11.8. The number of rotatable bonds is 3. The summed E-state index contributed by atoms with van der Waals surface area (Å²) >= 11 is 0. The Bertz CT molecular complexity index is 433. The predicted octanol–water partition coefficient (Wildman–Crippen LogP) is 2.24. The Morgan fingerprint density at radius 2 is 2.00 bits per heavy atom. The van der Waals surface area contributed by atoms with Gasteiger partial charge < -0.3 is 19.5 Å². The summed E-state index contributed by atoms with van der Waals surface area (Å²) in [6.45, 7) is 2.48. The van der Waals surface area contributed by atoms with Crippen LogP contribution >= 0.6 is 0 Å². The van der Waals surface area contributed by atoms with Gasteiger partial charge in [0.05, 0.1) is 6.04 Å². The van der Waals surface area contributed by atoms with Crippen LogP contribution in [0.15, 0.2) is 12.1 Å². The number of ether oxygens (including phenoxy) is 3. The molecule has 4 nitrogen and oxygen atoms in total. The standard InChI is InChI=1S/C13H17NO3/c1-3-4-9-13(14-2)8-5-11-12(16-7-15-11)6-10(8)17-9/h5-6,9,13-14H,3-4,7H2,1-2H3. The van der Waals surface area contributed by atoms with E-state index in [-0.39, 0.29) is 12.1 Å². The first kappa shape index (κ1) is 10.7. The molecule has 1 aromatic rings. The Balaban J connectivity index is 1.96. The van der Waals surface area contributed by atoms with Crippen LogP contribution in [0, 0.1) is 0 Å². The average molecular weight is 235 g/mol. The second-order valence-electron chi connectivity index (χ2n) is 4.45. The fourth-order valence-electron chi connectivity index (χ4n) is 2.57. The van der Waals surface area contributed by atoms with Gasteiger partial charge in [-0.3, -0.25) is 0 Å². The quantitative estimate of drug-likeness (QED) is 0.872. The van der Waals surface area contributed by atoms with Crippen LogP contribution in [0.4, 0.5) is 0 Å². The summed E-state index contributed by atoms with van der Waals surface area (Å²) in [7, 11) is 1.97. The lowest BCUT2D eigenvalue weighted by atomic mass is 10.0. The number of fused-ring (bicyclic) bond motifs is 2. The van der Waals surface area contributed by atoms with E-state index < -0.39 is 0 Å². The number of likely N-dealkylation sites (N-methyl/N-ethyl adjacent to an activating group) is 1. The van der Waals surface area contributed by atoms with Gasteiger partial charge in [0.15, 0.2) is 11.5 Å². The molecular formula is C13H17NO3. The third kappa shape index (κ3) is 1.63. The molecule has 2 aliphatic rings. The maximum Gasteiger partial charge on any atom is 0.231 e. The van der Waals surface area contributed by atoms with Gasteiger partial charge >= 0.3 is 0 Å². The summed E-state index contributed by atoms with van der Waals surface area (Å²) in [4.78, 5) is 0. The molecule has 1 N–H and O–H groups in total. The van der Waals surface area contributed by atoms with Gasteiger partial charge in [-0.05, 0) is 19.5 Å². The van der Waals surface area contributed by atoms with Gasteiger partial charge in [-0.2, -0.15) is 0 Å². The van der Waals surface area contributed by atoms with E-state index in [2.05, 4.69) is 12.2 Å². The maximum atomic E-state index is 5.98. The van der Waals surface area contributed by atoms with Gasteiger partial charge in [-0.15, -0.1) is 0 Å². The smallest absolute Gasteiger partial charge is 0.231 e. The number of nitrogens with one attached hydrogen (secondary N) is 1. The molecule has 4 heteroatoms. The average Bonchev–Trinajstić information content (AvgIpc) is 2.89. The lowest BCUT2D eigenvalue weighted by molar-refractivity contribution is 0.170. The first-order chi connectivity index (χ1) is 8.33. The van der Waals surface area contributed by atoms with Gasteiger partial charge in [0.1, 0.15) is 11.9 Å². The van der Waals surface area contributed by atoms with Gasteiger partial charge in [-0.25, -0.2) is 0 Å². The minimum atomic E-state index is 0.211. The van der Waals surface area contributed by atoms with Crippen molar-refractivity contribution < 1.29 is 14.2 Å². The first-order valence-corrected chi connectivity index (χ1v) is 6.11. The topological polar surface area (TPSA) is 39.7 Å². The SMILES string of the molecule is CCCC1Oc2cc3c(cc2C1NC)OCO3. The van der Waals surface area contributed by atoms with E-state index in [9.17, 15) is 0 Å². The van der Waals surface area contributed by atoms with E-state index >= 15 is 0 Å². The fourth-order valence-corrected chi connectivity index (χ4v) is 2.57. The number of benzene rings is 1. The Morgan fingerprint density at radius 1 is 1.24 bits per heavy atom. The molecule has 92 valence electrons. The van der Waals surface area contributed by atoms with E-state index in [0.29, 0.717) is 6.79 Å². The van der Waals surface area contributed by atoms with E-state index in [1.165, 1.54) is 5.56 Å². The molecule has 2 heterocycles. The van der Waals surface area contributed by atoms with Crippen molar-refractivity contribution in [3.8, 4) is 17.2 Å². The number of hydrogen-bond donors (Lipinski definition) is 1. The Hall–Kier alpha value is -1.42. The van der Waals surface area contributed by atoms with Crippen LogP contribution in [0.3, 0.4) is 0 Å². The maximum absolute atomic E-state index is 5.98. The molecule has 3 rings (SSSR count). The molecule has 0 bridgehead atoms. The second kappa shape index (κ2) is 4.11. The van der Waals surface area contributed by atoms with Crippen molar-refractivity contribution in [2.24, 2.45) is 0 Å². The predicted molar refractivity (Wildman–Crippen MR) is 63.7 cm³/mol. The molecular weight excluding hydrogens is 218 g/mol. The number of hydrogen-bond acceptors (Lipinski definition) is 4. The van der Waals surface area contributed by atoms with Crippen molar-refractivity contribution in [2.75, 3.05) is 13.8 Å². The van der Waals surface area contributed by atoms with Crippen LogP contribution in [0.25, 0.3) is 0 Å². The monoisotopic (exact) mass is 235 g/mol. The molecule has 0 spiro atoms. The summed E-state index contributed by atoms with van der Waals surface area (Å²) in [5, 5.41) is 3.32. The summed E-state index contributed by atoms with van der Waals surface area (Å²) in [6, 6.07) is 4.23. The first-order valence-electron chi connectivity index (χ1n) is 6.11. The third-order valence-electron chi connectivity index (χ3n) is 3.37. The van der Waals surface area contributed by atoms with Gasteiger partial charge in [-0.1, -0.05) is 13.3 Å². The molecule has 0 fully saturated rings. The molecule has 0 aromatic heterocycles. The van der Waals surface area contributed by atoms with Gasteiger partial charge in [0, 0.05) is 11.6 Å².